The molecule has 4 rings (SSSR count). The molecule has 0 aliphatic heterocycles. The molecule has 0 saturated carbocycles. The molecule has 1 N–H and O–H groups in total. The first kappa shape index (κ1) is 22.5. The Morgan fingerprint density at radius 1 is 0.970 bits per heavy atom. The fourth-order valence-corrected chi connectivity index (χ4v) is 4.21. The molecule has 0 spiro atoms. The van der Waals surface area contributed by atoms with Crippen LogP contribution in [0.4, 0.5) is 18.9 Å². The van der Waals surface area contributed by atoms with E-state index in [0.717, 1.165) is 26.1 Å². The van der Waals surface area contributed by atoms with Crippen molar-refractivity contribution in [2.24, 2.45) is 0 Å². The number of aryl methyl sites for hydroxylation is 1. The first-order valence-corrected chi connectivity index (χ1v) is 10.8. The molecule has 6 nitrogen and oxygen atoms in total. The van der Waals surface area contributed by atoms with Crippen LogP contribution >= 0.6 is 11.3 Å². The second kappa shape index (κ2) is 9.07. The lowest BCUT2D eigenvalue weighted by molar-refractivity contribution is -0.137. The molecule has 0 fully saturated rings. The lowest BCUT2D eigenvalue weighted by Crippen LogP contribution is -2.42. The van der Waals surface area contributed by atoms with Gasteiger partial charge in [-0.3, -0.25) is 18.7 Å². The van der Waals surface area contributed by atoms with Crippen LogP contribution in [0.2, 0.25) is 0 Å². The summed E-state index contributed by atoms with van der Waals surface area (Å²) >= 11 is 1.51. The zero-order valence-corrected chi connectivity index (χ0v) is 17.9. The van der Waals surface area contributed by atoms with Gasteiger partial charge in [-0.15, -0.1) is 11.3 Å². The van der Waals surface area contributed by atoms with Gasteiger partial charge in [-0.25, -0.2) is 4.79 Å². The third-order valence-corrected chi connectivity index (χ3v) is 6.01. The lowest BCUT2D eigenvalue weighted by Gasteiger charge is -2.14. The Morgan fingerprint density at radius 2 is 1.76 bits per heavy atom. The van der Waals surface area contributed by atoms with Crippen molar-refractivity contribution < 1.29 is 18.0 Å². The van der Waals surface area contributed by atoms with Crippen molar-refractivity contribution in [1.82, 2.24) is 9.13 Å². The van der Waals surface area contributed by atoms with Crippen LogP contribution in [0.5, 0.6) is 0 Å². The summed E-state index contributed by atoms with van der Waals surface area (Å²) in [4.78, 5) is 39.7. The number of nitrogens with zero attached hydrogens (tertiary/aromatic N) is 2. The molecule has 0 radical (unpaired) electrons. The van der Waals surface area contributed by atoms with Crippen LogP contribution in [0.1, 0.15) is 10.4 Å². The largest absolute Gasteiger partial charge is 0.416 e. The van der Waals surface area contributed by atoms with Crippen LogP contribution in [0.15, 0.2) is 75.6 Å². The quantitative estimate of drug-likeness (QED) is 0.458. The maximum Gasteiger partial charge on any atom is 0.416 e. The zero-order valence-electron chi connectivity index (χ0n) is 17.1. The van der Waals surface area contributed by atoms with E-state index < -0.39 is 35.4 Å². The highest BCUT2D eigenvalue weighted by Gasteiger charge is 2.30. The van der Waals surface area contributed by atoms with Crippen LogP contribution in [-0.2, 0) is 30.5 Å². The van der Waals surface area contributed by atoms with E-state index in [0.29, 0.717) is 6.42 Å². The van der Waals surface area contributed by atoms with Gasteiger partial charge in [-0.05, 0) is 48.2 Å². The van der Waals surface area contributed by atoms with Gasteiger partial charge in [0.1, 0.15) is 6.54 Å². The molecule has 1 amide bonds. The smallest absolute Gasteiger partial charge is 0.325 e. The average Bonchev–Trinajstić information content (AvgIpc) is 3.30. The average molecular weight is 473 g/mol. The van der Waals surface area contributed by atoms with E-state index in [1.807, 2.05) is 17.5 Å². The molecule has 2 aromatic carbocycles. The van der Waals surface area contributed by atoms with E-state index in [1.54, 1.807) is 24.3 Å². The molecule has 33 heavy (non-hydrogen) atoms. The summed E-state index contributed by atoms with van der Waals surface area (Å²) in [6.07, 6.45) is -4.08. The molecule has 170 valence electrons. The molecular weight excluding hydrogens is 455 g/mol. The van der Waals surface area contributed by atoms with Crippen LogP contribution in [-0.4, -0.2) is 15.0 Å². The normalized spacial score (nSPS) is 11.6. The highest BCUT2D eigenvalue weighted by molar-refractivity contribution is 7.09. The van der Waals surface area contributed by atoms with Crippen LogP contribution < -0.4 is 16.6 Å². The minimum Gasteiger partial charge on any atom is -0.325 e. The van der Waals surface area contributed by atoms with Gasteiger partial charge >= 0.3 is 11.9 Å². The maximum atomic E-state index is 13.1. The molecule has 4 aromatic rings. The molecule has 0 bridgehead atoms. The van der Waals surface area contributed by atoms with Crippen molar-refractivity contribution in [3.05, 3.63) is 97.3 Å². The van der Waals surface area contributed by atoms with Crippen molar-refractivity contribution in [2.45, 2.75) is 25.7 Å². The number of halogens is 3. The van der Waals surface area contributed by atoms with Crippen molar-refractivity contribution in [1.29, 1.82) is 0 Å². The summed E-state index contributed by atoms with van der Waals surface area (Å²) in [6, 6.07) is 14.4. The highest BCUT2D eigenvalue weighted by Crippen LogP contribution is 2.30. The minimum atomic E-state index is -4.55. The first-order chi connectivity index (χ1) is 15.7. The standard InChI is InChI=1S/C23H18F3N3O3S/c24-23(25,26)15-5-3-6-16(13-15)27-20(30)14-29-19-9-2-1-8-18(19)21(31)28(22(29)32)11-10-17-7-4-12-33-17/h1-9,12-13H,10-11,14H2,(H,27,30). The Balaban J connectivity index is 1.66. The number of carbonyl (C=O) groups excluding carboxylic acids is 1. The summed E-state index contributed by atoms with van der Waals surface area (Å²) in [5, 5.41) is 4.57. The number of para-hydroxylation sites is 1. The minimum absolute atomic E-state index is 0.0433. The number of alkyl halides is 3. The molecule has 0 unspecified atom stereocenters. The van der Waals surface area contributed by atoms with E-state index >= 15 is 0 Å². The van der Waals surface area contributed by atoms with Crippen molar-refractivity contribution in [2.75, 3.05) is 5.32 Å². The van der Waals surface area contributed by atoms with Crippen LogP contribution in [0, 0.1) is 0 Å². The third kappa shape index (κ3) is 4.90. The van der Waals surface area contributed by atoms with E-state index in [4.69, 9.17) is 0 Å². The number of thiophene rings is 1. The topological polar surface area (TPSA) is 73.1 Å². The second-order valence-electron chi connectivity index (χ2n) is 7.30. The van der Waals surface area contributed by atoms with Gasteiger partial charge in [0, 0.05) is 17.1 Å². The highest BCUT2D eigenvalue weighted by atomic mass is 32.1. The van der Waals surface area contributed by atoms with Crippen molar-refractivity contribution >= 4 is 33.8 Å². The van der Waals surface area contributed by atoms with E-state index in [9.17, 15) is 27.6 Å². The van der Waals surface area contributed by atoms with E-state index in [-0.39, 0.29) is 23.1 Å². The van der Waals surface area contributed by atoms with Crippen LogP contribution in [0.3, 0.4) is 0 Å². The number of amides is 1. The third-order valence-electron chi connectivity index (χ3n) is 5.07. The van der Waals surface area contributed by atoms with Gasteiger partial charge in [0.2, 0.25) is 5.91 Å². The number of fused-ring (bicyclic) bond motifs is 1. The summed E-state index contributed by atoms with van der Waals surface area (Å²) in [7, 11) is 0. The van der Waals surface area contributed by atoms with Gasteiger partial charge in [-0.1, -0.05) is 24.3 Å². The Kier molecular flexibility index (Phi) is 6.19. The van der Waals surface area contributed by atoms with Gasteiger partial charge in [0.15, 0.2) is 0 Å². The number of carbonyl (C=O) groups is 1. The van der Waals surface area contributed by atoms with Gasteiger partial charge in [0.05, 0.1) is 16.5 Å². The number of anilines is 1. The number of aromatic nitrogens is 2. The predicted octanol–water partition coefficient (Wildman–Crippen LogP) is 4.12. The monoisotopic (exact) mass is 473 g/mol. The summed E-state index contributed by atoms with van der Waals surface area (Å²) < 4.78 is 41.1. The molecule has 0 atom stereocenters. The van der Waals surface area contributed by atoms with E-state index in [2.05, 4.69) is 5.32 Å². The number of rotatable bonds is 6. The Labute approximate surface area is 189 Å². The summed E-state index contributed by atoms with van der Waals surface area (Å²) in [5.74, 6) is -0.690. The Hall–Kier alpha value is -3.66. The molecule has 2 aromatic heterocycles. The number of hydrogen-bond donors (Lipinski definition) is 1. The molecule has 2 heterocycles. The summed E-state index contributed by atoms with van der Waals surface area (Å²) in [5.41, 5.74) is -1.78. The van der Waals surface area contributed by atoms with Crippen molar-refractivity contribution in [3.63, 3.8) is 0 Å². The first-order valence-electron chi connectivity index (χ1n) is 9.96. The van der Waals surface area contributed by atoms with Crippen LogP contribution in [0.25, 0.3) is 10.9 Å². The number of nitrogens with one attached hydrogen (secondary N) is 1. The van der Waals surface area contributed by atoms with Gasteiger partial charge in [0.25, 0.3) is 5.56 Å². The molecule has 0 aliphatic carbocycles. The zero-order chi connectivity index (χ0) is 23.6. The fourth-order valence-electron chi connectivity index (χ4n) is 3.52. The molecular formula is C23H18F3N3O3S. The molecule has 0 saturated heterocycles. The lowest BCUT2D eigenvalue weighted by atomic mass is 10.2. The Morgan fingerprint density at radius 3 is 2.48 bits per heavy atom. The van der Waals surface area contributed by atoms with Crippen molar-refractivity contribution in [3.8, 4) is 0 Å². The maximum absolute atomic E-state index is 13.1. The fraction of sp³-hybridized carbons (Fsp3) is 0.174. The van der Waals surface area contributed by atoms with E-state index in [1.165, 1.54) is 23.5 Å². The predicted molar refractivity (Wildman–Crippen MR) is 121 cm³/mol. The molecule has 10 heteroatoms. The Bertz CT molecular complexity index is 1420. The number of hydrogen-bond acceptors (Lipinski definition) is 4. The molecule has 0 aliphatic rings. The van der Waals surface area contributed by atoms with Gasteiger partial charge < -0.3 is 5.32 Å². The van der Waals surface area contributed by atoms with Gasteiger partial charge in [-0.2, -0.15) is 13.2 Å². The SMILES string of the molecule is O=C(Cn1c(=O)n(CCc2cccs2)c(=O)c2ccccc21)Nc1cccc(C(F)(F)F)c1. The second-order valence-corrected chi connectivity index (χ2v) is 8.33. The summed E-state index contributed by atoms with van der Waals surface area (Å²) in [6.45, 7) is -0.326. The number of benzene rings is 2.